The minimum Gasteiger partial charge on any atom is -0.465 e. The van der Waals surface area contributed by atoms with Crippen molar-refractivity contribution in [3.63, 3.8) is 0 Å². The molecule has 0 saturated heterocycles. The highest BCUT2D eigenvalue weighted by atomic mass is 35.5. The normalized spacial score (nSPS) is 10.8. The van der Waals surface area contributed by atoms with Gasteiger partial charge in [-0.15, -0.1) is 21.5 Å². The van der Waals surface area contributed by atoms with Crippen LogP contribution in [0.25, 0.3) is 22.5 Å². The molecule has 4 aromatic rings. The second-order valence-electron chi connectivity index (χ2n) is 6.98. The third-order valence-electron chi connectivity index (χ3n) is 4.89. The van der Waals surface area contributed by atoms with Crippen LogP contribution in [0, 0.1) is 0 Å². The molecule has 0 atom stereocenters. The van der Waals surface area contributed by atoms with Gasteiger partial charge in [0.2, 0.25) is 5.91 Å². The third-order valence-corrected chi connectivity index (χ3v) is 7.01. The number of aromatic nitrogens is 4. The number of amides is 1. The largest absolute Gasteiger partial charge is 0.465 e. The number of thioether (sulfide) groups is 1. The first-order valence-electron chi connectivity index (χ1n) is 10.2. The molecule has 174 valence electrons. The van der Waals surface area contributed by atoms with Gasteiger partial charge in [0, 0.05) is 40.5 Å². The lowest BCUT2D eigenvalue weighted by molar-refractivity contribution is -0.113. The van der Waals surface area contributed by atoms with E-state index in [4.69, 9.17) is 16.3 Å². The highest BCUT2D eigenvalue weighted by Gasteiger charge is 2.23. The second-order valence-corrected chi connectivity index (χ2v) is 9.23. The topological polar surface area (TPSA) is 99.0 Å². The van der Waals surface area contributed by atoms with Gasteiger partial charge >= 0.3 is 5.97 Å². The van der Waals surface area contributed by atoms with Crippen LogP contribution in [-0.2, 0) is 16.1 Å². The Morgan fingerprint density at radius 2 is 1.85 bits per heavy atom. The number of carbonyl (C=O) groups is 2. The molecule has 0 bridgehead atoms. The molecule has 8 nitrogen and oxygen atoms in total. The molecule has 0 aliphatic rings. The molecule has 4 rings (SSSR count). The van der Waals surface area contributed by atoms with Gasteiger partial charge in [-0.3, -0.25) is 9.78 Å². The number of esters is 1. The smallest absolute Gasteiger partial charge is 0.341 e. The van der Waals surface area contributed by atoms with Gasteiger partial charge in [0.25, 0.3) is 0 Å². The number of pyridine rings is 1. The summed E-state index contributed by atoms with van der Waals surface area (Å²) in [5.41, 5.74) is 2.68. The lowest BCUT2D eigenvalue weighted by Crippen LogP contribution is -2.16. The van der Waals surface area contributed by atoms with Crippen molar-refractivity contribution in [2.75, 3.05) is 18.2 Å². The van der Waals surface area contributed by atoms with Gasteiger partial charge in [-0.25, -0.2) is 4.79 Å². The van der Waals surface area contributed by atoms with Crippen LogP contribution in [0.4, 0.5) is 5.00 Å². The number of nitrogens with zero attached hydrogens (tertiary/aromatic N) is 4. The standard InChI is InChI=1S/C23H20ClN5O3S2/c1-3-29-20(15-8-10-25-11-9-15)27-28-23(29)34-13-18(30)26-21-19(22(31)32-2)17(12-33-21)14-4-6-16(24)7-5-14/h4-12H,3,13H2,1-2H3,(H,26,30). The van der Waals surface area contributed by atoms with Gasteiger partial charge in [-0.2, -0.15) is 0 Å². The first kappa shape index (κ1) is 23.9. The Kier molecular flexibility index (Phi) is 7.61. The molecule has 0 spiro atoms. The molecular formula is C23H20ClN5O3S2. The predicted octanol–water partition coefficient (Wildman–Crippen LogP) is 5.26. The van der Waals surface area contributed by atoms with E-state index in [0.29, 0.717) is 38.7 Å². The molecule has 34 heavy (non-hydrogen) atoms. The average Bonchev–Trinajstić information content (AvgIpc) is 3.47. The molecule has 1 aromatic carbocycles. The van der Waals surface area contributed by atoms with E-state index in [1.165, 1.54) is 30.2 Å². The zero-order valence-corrected chi connectivity index (χ0v) is 20.7. The minimum absolute atomic E-state index is 0.100. The van der Waals surface area contributed by atoms with Crippen LogP contribution in [0.1, 0.15) is 17.3 Å². The van der Waals surface area contributed by atoms with Crippen molar-refractivity contribution in [3.05, 3.63) is 64.8 Å². The zero-order chi connectivity index (χ0) is 24.1. The number of ether oxygens (including phenoxy) is 1. The molecule has 0 aliphatic heterocycles. The lowest BCUT2D eigenvalue weighted by Gasteiger charge is -2.09. The molecule has 1 amide bonds. The van der Waals surface area contributed by atoms with Gasteiger partial charge < -0.3 is 14.6 Å². The summed E-state index contributed by atoms with van der Waals surface area (Å²) in [6.45, 7) is 2.64. The van der Waals surface area contributed by atoms with E-state index in [2.05, 4.69) is 20.5 Å². The van der Waals surface area contributed by atoms with E-state index >= 15 is 0 Å². The summed E-state index contributed by atoms with van der Waals surface area (Å²) in [5, 5.41) is 14.8. The average molecular weight is 514 g/mol. The van der Waals surface area contributed by atoms with Gasteiger partial charge in [0.05, 0.1) is 12.9 Å². The van der Waals surface area contributed by atoms with Crippen molar-refractivity contribution in [1.82, 2.24) is 19.7 Å². The summed E-state index contributed by atoms with van der Waals surface area (Å²) in [4.78, 5) is 29.3. The third kappa shape index (κ3) is 5.14. The minimum atomic E-state index is -0.526. The maximum absolute atomic E-state index is 12.8. The van der Waals surface area contributed by atoms with Crippen molar-refractivity contribution < 1.29 is 14.3 Å². The Balaban J connectivity index is 1.50. The van der Waals surface area contributed by atoms with Crippen molar-refractivity contribution >= 4 is 51.6 Å². The second kappa shape index (κ2) is 10.8. The molecule has 11 heteroatoms. The summed E-state index contributed by atoms with van der Waals surface area (Å²) in [5.74, 6) is 0.0211. The van der Waals surface area contributed by atoms with E-state index < -0.39 is 5.97 Å². The Morgan fingerprint density at radius 3 is 2.53 bits per heavy atom. The highest BCUT2D eigenvalue weighted by Crippen LogP contribution is 2.36. The molecular weight excluding hydrogens is 494 g/mol. The maximum atomic E-state index is 12.8. The summed E-state index contributed by atoms with van der Waals surface area (Å²) in [6, 6.07) is 10.8. The number of hydrogen-bond donors (Lipinski definition) is 1. The van der Waals surface area contributed by atoms with Crippen molar-refractivity contribution in [3.8, 4) is 22.5 Å². The van der Waals surface area contributed by atoms with E-state index in [1.54, 1.807) is 24.5 Å². The number of benzene rings is 1. The van der Waals surface area contributed by atoms with Crippen LogP contribution in [0.5, 0.6) is 0 Å². The van der Waals surface area contributed by atoms with Crippen LogP contribution in [-0.4, -0.2) is 44.5 Å². The summed E-state index contributed by atoms with van der Waals surface area (Å²) >= 11 is 8.52. The Hall–Kier alpha value is -3.21. The molecule has 1 N–H and O–H groups in total. The Labute approximate surface area is 209 Å². The van der Waals surface area contributed by atoms with Gasteiger partial charge in [-0.1, -0.05) is 35.5 Å². The van der Waals surface area contributed by atoms with Crippen molar-refractivity contribution in [1.29, 1.82) is 0 Å². The lowest BCUT2D eigenvalue weighted by atomic mass is 10.0. The van der Waals surface area contributed by atoms with E-state index in [-0.39, 0.29) is 11.7 Å². The van der Waals surface area contributed by atoms with Gasteiger partial charge in [-0.05, 0) is 36.8 Å². The Bertz CT molecular complexity index is 1310. The van der Waals surface area contributed by atoms with Crippen molar-refractivity contribution in [2.24, 2.45) is 0 Å². The zero-order valence-electron chi connectivity index (χ0n) is 18.3. The molecule has 0 fully saturated rings. The van der Waals surface area contributed by atoms with E-state index in [1.807, 2.05) is 41.1 Å². The number of halogens is 1. The molecule has 0 aliphatic carbocycles. The fourth-order valence-electron chi connectivity index (χ4n) is 3.28. The highest BCUT2D eigenvalue weighted by molar-refractivity contribution is 7.99. The molecule has 0 radical (unpaired) electrons. The summed E-state index contributed by atoms with van der Waals surface area (Å²) in [7, 11) is 1.31. The van der Waals surface area contributed by atoms with Crippen LogP contribution in [0.15, 0.2) is 59.3 Å². The number of rotatable bonds is 8. The first-order chi connectivity index (χ1) is 16.5. The van der Waals surface area contributed by atoms with Gasteiger partial charge in [0.1, 0.15) is 10.6 Å². The van der Waals surface area contributed by atoms with Crippen LogP contribution in [0.2, 0.25) is 5.02 Å². The molecule has 0 unspecified atom stereocenters. The number of carbonyl (C=O) groups excluding carboxylic acids is 2. The maximum Gasteiger partial charge on any atom is 0.341 e. The van der Waals surface area contributed by atoms with Crippen LogP contribution >= 0.6 is 34.7 Å². The number of thiophene rings is 1. The monoisotopic (exact) mass is 513 g/mol. The fraction of sp³-hybridized carbons (Fsp3) is 0.174. The first-order valence-corrected chi connectivity index (χ1v) is 12.5. The van der Waals surface area contributed by atoms with Gasteiger partial charge in [0.15, 0.2) is 11.0 Å². The van der Waals surface area contributed by atoms with Crippen LogP contribution in [0.3, 0.4) is 0 Å². The number of nitrogens with one attached hydrogen (secondary N) is 1. The predicted molar refractivity (Wildman–Crippen MR) is 134 cm³/mol. The van der Waals surface area contributed by atoms with Crippen LogP contribution < -0.4 is 5.32 Å². The molecule has 0 saturated carbocycles. The molecule has 3 aromatic heterocycles. The number of methoxy groups -OCH3 is 1. The quantitative estimate of drug-likeness (QED) is 0.253. The molecule has 3 heterocycles. The number of anilines is 1. The SMILES string of the molecule is CCn1c(SCC(=O)Nc2scc(-c3ccc(Cl)cc3)c2C(=O)OC)nnc1-c1ccncc1. The van der Waals surface area contributed by atoms with Crippen molar-refractivity contribution in [2.45, 2.75) is 18.6 Å². The summed E-state index contributed by atoms with van der Waals surface area (Å²) < 4.78 is 6.91. The van der Waals surface area contributed by atoms with E-state index in [0.717, 1.165) is 11.1 Å². The fourth-order valence-corrected chi connectivity index (χ4v) is 5.19. The number of hydrogen-bond acceptors (Lipinski definition) is 8. The Morgan fingerprint density at radius 1 is 1.12 bits per heavy atom. The van der Waals surface area contributed by atoms with E-state index in [9.17, 15) is 9.59 Å². The summed E-state index contributed by atoms with van der Waals surface area (Å²) in [6.07, 6.45) is 3.39.